The first kappa shape index (κ1) is 9.27. The van der Waals surface area contributed by atoms with Crippen molar-refractivity contribution < 1.29 is 0 Å². The van der Waals surface area contributed by atoms with Crippen molar-refractivity contribution in [3.8, 4) is 0 Å². The summed E-state index contributed by atoms with van der Waals surface area (Å²) in [4.78, 5) is 3.45. The van der Waals surface area contributed by atoms with Gasteiger partial charge >= 0.3 is 0 Å². The van der Waals surface area contributed by atoms with Gasteiger partial charge in [0.25, 0.3) is 0 Å². The summed E-state index contributed by atoms with van der Waals surface area (Å²) in [6.07, 6.45) is 4.83. The largest absolute Gasteiger partial charge is 0.317 e. The van der Waals surface area contributed by atoms with Crippen LogP contribution in [0, 0.1) is 6.57 Å². The first-order chi connectivity index (χ1) is 6.92. The molecule has 0 saturated carbocycles. The Labute approximate surface area is 85.6 Å². The molecule has 72 valence electrons. The summed E-state index contributed by atoms with van der Waals surface area (Å²) >= 11 is 0. The highest BCUT2D eigenvalue weighted by atomic mass is 14.6. The van der Waals surface area contributed by atoms with Crippen molar-refractivity contribution in [2.75, 3.05) is 6.54 Å². The number of nitrogens with zero attached hydrogens (tertiary/aromatic N) is 1. The predicted molar refractivity (Wildman–Crippen MR) is 58.2 cm³/mol. The molecular formula is C13H15N. The Morgan fingerprint density at radius 2 is 2.21 bits per heavy atom. The second kappa shape index (κ2) is 4.28. The molecule has 14 heavy (non-hydrogen) atoms. The SMILES string of the molecule is [C-]#[N+]CC[C@@H]1CCCc2ccccc21. The lowest BCUT2D eigenvalue weighted by atomic mass is 9.81. The van der Waals surface area contributed by atoms with Gasteiger partial charge in [0.1, 0.15) is 0 Å². The molecule has 1 atom stereocenters. The fourth-order valence-corrected chi connectivity index (χ4v) is 2.37. The number of aryl methyl sites for hydroxylation is 1. The highest BCUT2D eigenvalue weighted by molar-refractivity contribution is 5.32. The van der Waals surface area contributed by atoms with Gasteiger partial charge in [0, 0.05) is 6.42 Å². The summed E-state index contributed by atoms with van der Waals surface area (Å²) in [7, 11) is 0. The molecule has 0 unspecified atom stereocenters. The normalized spacial score (nSPS) is 19.8. The molecule has 0 N–H and O–H groups in total. The zero-order valence-electron chi connectivity index (χ0n) is 8.37. The van der Waals surface area contributed by atoms with Crippen LogP contribution in [0.15, 0.2) is 24.3 Å². The van der Waals surface area contributed by atoms with E-state index in [0.717, 1.165) is 6.42 Å². The number of hydrogen-bond donors (Lipinski definition) is 0. The highest BCUT2D eigenvalue weighted by Crippen LogP contribution is 2.33. The maximum Gasteiger partial charge on any atom is 0.215 e. The third-order valence-corrected chi connectivity index (χ3v) is 3.08. The molecule has 0 aromatic heterocycles. The monoisotopic (exact) mass is 185 g/mol. The molecule has 0 aliphatic heterocycles. The van der Waals surface area contributed by atoms with E-state index in [0.29, 0.717) is 12.5 Å². The van der Waals surface area contributed by atoms with Gasteiger partial charge in [-0.2, -0.15) is 0 Å². The molecule has 2 rings (SSSR count). The standard InChI is InChI=1S/C13H15N/c1-14-10-9-12-7-4-6-11-5-2-3-8-13(11)12/h2-3,5,8,12H,4,6-7,9-10H2/t12-/m0/s1. The van der Waals surface area contributed by atoms with Crippen molar-refractivity contribution in [1.82, 2.24) is 0 Å². The minimum atomic E-state index is 0.647. The van der Waals surface area contributed by atoms with Gasteiger partial charge in [0.05, 0.1) is 0 Å². The molecule has 0 amide bonds. The summed E-state index contributed by atoms with van der Waals surface area (Å²) in [5.41, 5.74) is 3.01. The molecule has 0 saturated heterocycles. The van der Waals surface area contributed by atoms with E-state index >= 15 is 0 Å². The smallest absolute Gasteiger partial charge is 0.215 e. The van der Waals surface area contributed by atoms with E-state index in [-0.39, 0.29) is 0 Å². The van der Waals surface area contributed by atoms with E-state index in [4.69, 9.17) is 6.57 Å². The van der Waals surface area contributed by atoms with E-state index in [1.165, 1.54) is 30.4 Å². The molecule has 1 nitrogen and oxygen atoms in total. The third kappa shape index (κ3) is 1.80. The van der Waals surface area contributed by atoms with Crippen molar-refractivity contribution in [3.63, 3.8) is 0 Å². The Morgan fingerprint density at radius 3 is 3.07 bits per heavy atom. The van der Waals surface area contributed by atoms with Crippen molar-refractivity contribution >= 4 is 0 Å². The Kier molecular flexibility index (Phi) is 2.84. The van der Waals surface area contributed by atoms with Gasteiger partial charge in [0.15, 0.2) is 0 Å². The van der Waals surface area contributed by atoms with E-state index in [9.17, 15) is 0 Å². The van der Waals surface area contributed by atoms with Crippen molar-refractivity contribution in [2.24, 2.45) is 0 Å². The van der Waals surface area contributed by atoms with Gasteiger partial charge in [0.2, 0.25) is 6.54 Å². The van der Waals surface area contributed by atoms with Crippen molar-refractivity contribution in [2.45, 2.75) is 31.6 Å². The van der Waals surface area contributed by atoms with Crippen LogP contribution in [0.5, 0.6) is 0 Å². The van der Waals surface area contributed by atoms with Gasteiger partial charge in [-0.25, -0.2) is 6.57 Å². The Morgan fingerprint density at radius 1 is 1.36 bits per heavy atom. The summed E-state index contributed by atoms with van der Waals surface area (Å²) in [5, 5.41) is 0. The Balaban J connectivity index is 2.18. The topological polar surface area (TPSA) is 4.36 Å². The van der Waals surface area contributed by atoms with E-state index in [1.54, 1.807) is 0 Å². The first-order valence-electron chi connectivity index (χ1n) is 5.33. The number of fused-ring (bicyclic) bond motifs is 1. The number of hydrogen-bond acceptors (Lipinski definition) is 0. The van der Waals surface area contributed by atoms with Gasteiger partial charge in [-0.3, -0.25) is 0 Å². The Hall–Kier alpha value is -1.29. The molecule has 1 aliphatic rings. The van der Waals surface area contributed by atoms with E-state index in [1.807, 2.05) is 0 Å². The molecule has 0 spiro atoms. The quantitative estimate of drug-likeness (QED) is 0.622. The Bertz CT molecular complexity index is 348. The van der Waals surface area contributed by atoms with Crippen LogP contribution >= 0.6 is 0 Å². The number of benzene rings is 1. The van der Waals surface area contributed by atoms with Gasteiger partial charge in [-0.1, -0.05) is 24.3 Å². The second-order valence-electron chi connectivity index (χ2n) is 3.96. The van der Waals surface area contributed by atoms with Crippen LogP contribution in [0.3, 0.4) is 0 Å². The second-order valence-corrected chi connectivity index (χ2v) is 3.96. The molecule has 0 heterocycles. The summed E-state index contributed by atoms with van der Waals surface area (Å²) < 4.78 is 0. The molecule has 1 aliphatic carbocycles. The molecule has 1 aromatic carbocycles. The summed E-state index contributed by atoms with van der Waals surface area (Å²) in [6.45, 7) is 7.51. The lowest BCUT2D eigenvalue weighted by Crippen LogP contribution is -2.10. The molecule has 0 bridgehead atoms. The fraction of sp³-hybridized carbons (Fsp3) is 0.462. The zero-order valence-corrected chi connectivity index (χ0v) is 8.37. The fourth-order valence-electron chi connectivity index (χ4n) is 2.37. The van der Waals surface area contributed by atoms with Crippen LogP contribution in [0.2, 0.25) is 0 Å². The molecule has 0 fully saturated rings. The van der Waals surface area contributed by atoms with Crippen LogP contribution in [0.4, 0.5) is 0 Å². The molecule has 0 radical (unpaired) electrons. The summed E-state index contributed by atoms with van der Waals surface area (Å²) in [5.74, 6) is 0.647. The van der Waals surface area contributed by atoms with Crippen LogP contribution in [0.1, 0.15) is 36.3 Å². The number of rotatable bonds is 2. The van der Waals surface area contributed by atoms with Crippen molar-refractivity contribution in [3.05, 3.63) is 46.8 Å². The average Bonchev–Trinajstić information content (AvgIpc) is 2.26. The van der Waals surface area contributed by atoms with E-state index in [2.05, 4.69) is 29.1 Å². The van der Waals surface area contributed by atoms with Crippen LogP contribution in [0.25, 0.3) is 4.85 Å². The maximum absolute atomic E-state index is 6.83. The van der Waals surface area contributed by atoms with E-state index < -0.39 is 0 Å². The first-order valence-corrected chi connectivity index (χ1v) is 5.33. The molecule has 1 heteroatoms. The lowest BCUT2D eigenvalue weighted by Gasteiger charge is -2.23. The maximum atomic E-state index is 6.83. The van der Waals surface area contributed by atoms with Gasteiger partial charge in [-0.15, -0.1) is 0 Å². The minimum absolute atomic E-state index is 0.647. The minimum Gasteiger partial charge on any atom is -0.317 e. The average molecular weight is 185 g/mol. The molecular weight excluding hydrogens is 170 g/mol. The third-order valence-electron chi connectivity index (χ3n) is 3.08. The van der Waals surface area contributed by atoms with Crippen LogP contribution in [-0.4, -0.2) is 6.54 Å². The van der Waals surface area contributed by atoms with Crippen LogP contribution in [-0.2, 0) is 6.42 Å². The lowest BCUT2D eigenvalue weighted by molar-refractivity contribution is 0.535. The highest BCUT2D eigenvalue weighted by Gasteiger charge is 2.19. The van der Waals surface area contributed by atoms with Crippen molar-refractivity contribution in [1.29, 1.82) is 0 Å². The zero-order chi connectivity index (χ0) is 9.80. The summed E-state index contributed by atoms with van der Waals surface area (Å²) in [6, 6.07) is 8.72. The predicted octanol–water partition coefficient (Wildman–Crippen LogP) is 3.42. The molecule has 1 aromatic rings. The van der Waals surface area contributed by atoms with Gasteiger partial charge < -0.3 is 4.85 Å². The van der Waals surface area contributed by atoms with Gasteiger partial charge in [-0.05, 0) is 36.3 Å². The van der Waals surface area contributed by atoms with Crippen LogP contribution < -0.4 is 0 Å².